The molecule has 21 heavy (non-hydrogen) atoms. The third-order valence-corrected chi connectivity index (χ3v) is 2.93. The minimum atomic E-state index is -1.03. The van der Waals surface area contributed by atoms with Crippen molar-refractivity contribution >= 4 is 11.9 Å². The van der Waals surface area contributed by atoms with Crippen LogP contribution >= 0.6 is 0 Å². The summed E-state index contributed by atoms with van der Waals surface area (Å²) in [6, 6.07) is 9.34. The summed E-state index contributed by atoms with van der Waals surface area (Å²) in [5, 5.41) is 11.5. The summed E-state index contributed by atoms with van der Waals surface area (Å²) in [5.74, 6) is -1.53. The molecule has 1 aromatic carbocycles. The van der Waals surface area contributed by atoms with Crippen LogP contribution in [0.4, 0.5) is 0 Å². The molecule has 0 bridgehead atoms. The van der Waals surface area contributed by atoms with Crippen LogP contribution in [0.15, 0.2) is 41.2 Å². The van der Waals surface area contributed by atoms with E-state index in [1.54, 1.807) is 25.1 Å². The van der Waals surface area contributed by atoms with E-state index in [-0.39, 0.29) is 17.7 Å². The van der Waals surface area contributed by atoms with Crippen LogP contribution in [-0.4, -0.2) is 22.0 Å². The zero-order valence-corrected chi connectivity index (χ0v) is 11.3. The number of nitrogens with one attached hydrogen (secondary N) is 2. The van der Waals surface area contributed by atoms with E-state index in [1.165, 1.54) is 18.2 Å². The molecule has 0 atom stereocenters. The van der Waals surface area contributed by atoms with Crippen LogP contribution in [0.3, 0.4) is 0 Å². The van der Waals surface area contributed by atoms with E-state index in [2.05, 4.69) is 10.3 Å². The molecule has 0 unspecified atom stereocenters. The highest BCUT2D eigenvalue weighted by Crippen LogP contribution is 2.05. The fourth-order valence-electron chi connectivity index (χ4n) is 1.84. The fourth-order valence-corrected chi connectivity index (χ4v) is 1.84. The number of benzene rings is 1. The van der Waals surface area contributed by atoms with Gasteiger partial charge in [-0.2, -0.15) is 0 Å². The van der Waals surface area contributed by atoms with Gasteiger partial charge in [-0.1, -0.05) is 12.1 Å². The lowest BCUT2D eigenvalue weighted by Gasteiger charge is -2.06. The molecule has 0 fully saturated rings. The van der Waals surface area contributed by atoms with Gasteiger partial charge in [0.15, 0.2) is 0 Å². The Labute approximate surface area is 120 Å². The second-order valence-electron chi connectivity index (χ2n) is 4.57. The first kappa shape index (κ1) is 14.5. The normalized spacial score (nSPS) is 10.1. The Bertz CT molecular complexity index is 749. The van der Waals surface area contributed by atoms with Crippen molar-refractivity contribution in [3.63, 3.8) is 0 Å². The first-order valence-corrected chi connectivity index (χ1v) is 6.28. The number of pyridine rings is 1. The Morgan fingerprint density at radius 1 is 1.24 bits per heavy atom. The highest BCUT2D eigenvalue weighted by molar-refractivity contribution is 5.93. The Morgan fingerprint density at radius 3 is 2.67 bits per heavy atom. The summed E-state index contributed by atoms with van der Waals surface area (Å²) in [5.41, 5.74) is 1.04. The van der Waals surface area contributed by atoms with Crippen molar-refractivity contribution in [1.29, 1.82) is 0 Å². The number of H-pyrrole nitrogens is 1. The lowest BCUT2D eigenvalue weighted by Crippen LogP contribution is -2.29. The number of carboxylic acid groups (broad SMARTS) is 1. The molecule has 1 aromatic heterocycles. The predicted octanol–water partition coefficient (Wildman–Crippen LogP) is 1.31. The summed E-state index contributed by atoms with van der Waals surface area (Å²) in [6.07, 6.45) is 0. The molecule has 1 heterocycles. The van der Waals surface area contributed by atoms with Crippen LogP contribution in [0.25, 0.3) is 0 Å². The van der Waals surface area contributed by atoms with Crippen molar-refractivity contribution in [2.75, 3.05) is 0 Å². The highest BCUT2D eigenvalue weighted by Gasteiger charge is 2.10. The SMILES string of the molecule is Cc1ccc(C(=O)NCc2cccc(C(=O)O)c2)c(=O)[nH]1. The van der Waals surface area contributed by atoms with Crippen LogP contribution in [0.5, 0.6) is 0 Å². The van der Waals surface area contributed by atoms with E-state index in [1.807, 2.05) is 0 Å². The quantitative estimate of drug-likeness (QED) is 0.789. The lowest BCUT2D eigenvalue weighted by atomic mass is 10.1. The summed E-state index contributed by atoms with van der Waals surface area (Å²) in [7, 11) is 0. The van der Waals surface area contributed by atoms with Crippen LogP contribution in [0, 0.1) is 6.92 Å². The molecule has 1 amide bonds. The lowest BCUT2D eigenvalue weighted by molar-refractivity contribution is 0.0696. The maximum absolute atomic E-state index is 11.9. The number of hydrogen-bond acceptors (Lipinski definition) is 3. The Hall–Kier alpha value is -2.89. The van der Waals surface area contributed by atoms with Crippen LogP contribution < -0.4 is 10.9 Å². The summed E-state index contributed by atoms with van der Waals surface area (Å²) < 4.78 is 0. The molecule has 6 nitrogen and oxygen atoms in total. The number of carboxylic acids is 1. The average Bonchev–Trinajstić information content (AvgIpc) is 2.45. The van der Waals surface area contributed by atoms with E-state index in [0.29, 0.717) is 11.3 Å². The van der Waals surface area contributed by atoms with Crippen molar-refractivity contribution in [3.05, 3.63) is 69.1 Å². The smallest absolute Gasteiger partial charge is 0.335 e. The number of carbonyl (C=O) groups is 2. The number of aryl methyl sites for hydroxylation is 1. The van der Waals surface area contributed by atoms with E-state index < -0.39 is 17.4 Å². The molecule has 2 rings (SSSR count). The number of aromatic nitrogens is 1. The summed E-state index contributed by atoms with van der Waals surface area (Å²) in [6.45, 7) is 1.87. The molecule has 3 N–H and O–H groups in total. The number of amides is 1. The summed E-state index contributed by atoms with van der Waals surface area (Å²) >= 11 is 0. The monoisotopic (exact) mass is 286 g/mol. The van der Waals surface area contributed by atoms with Crippen LogP contribution in [0.2, 0.25) is 0 Å². The van der Waals surface area contributed by atoms with Crippen LogP contribution in [0.1, 0.15) is 32.0 Å². The van der Waals surface area contributed by atoms with Gasteiger partial charge in [0, 0.05) is 12.2 Å². The zero-order valence-electron chi connectivity index (χ0n) is 11.3. The molecule has 0 spiro atoms. The van der Waals surface area contributed by atoms with E-state index >= 15 is 0 Å². The topological polar surface area (TPSA) is 99.3 Å². The van der Waals surface area contributed by atoms with Gasteiger partial charge < -0.3 is 15.4 Å². The fraction of sp³-hybridized carbons (Fsp3) is 0.133. The van der Waals surface area contributed by atoms with E-state index in [0.717, 1.165) is 0 Å². The Balaban J connectivity index is 2.09. The van der Waals surface area contributed by atoms with Crippen molar-refractivity contribution in [2.45, 2.75) is 13.5 Å². The van der Waals surface area contributed by atoms with Crippen molar-refractivity contribution in [1.82, 2.24) is 10.3 Å². The molecule has 0 saturated heterocycles. The summed E-state index contributed by atoms with van der Waals surface area (Å²) in [4.78, 5) is 37.0. The first-order chi connectivity index (χ1) is 9.97. The van der Waals surface area contributed by atoms with Gasteiger partial charge in [0.2, 0.25) is 0 Å². The molecule has 6 heteroatoms. The highest BCUT2D eigenvalue weighted by atomic mass is 16.4. The molecule has 0 aliphatic heterocycles. The Morgan fingerprint density at radius 2 is 2.00 bits per heavy atom. The van der Waals surface area contributed by atoms with Gasteiger partial charge in [0.05, 0.1) is 5.56 Å². The van der Waals surface area contributed by atoms with Crippen molar-refractivity contribution in [3.8, 4) is 0 Å². The molecule has 0 aliphatic rings. The largest absolute Gasteiger partial charge is 0.478 e. The molecule has 0 aliphatic carbocycles. The number of hydrogen-bond donors (Lipinski definition) is 3. The van der Waals surface area contributed by atoms with Gasteiger partial charge in [-0.05, 0) is 36.8 Å². The van der Waals surface area contributed by atoms with Crippen molar-refractivity contribution in [2.24, 2.45) is 0 Å². The average molecular weight is 286 g/mol. The predicted molar refractivity (Wildman–Crippen MR) is 76.4 cm³/mol. The minimum absolute atomic E-state index is 0.0231. The molecule has 108 valence electrons. The number of aromatic carboxylic acids is 1. The van der Waals surface area contributed by atoms with Gasteiger partial charge in [-0.3, -0.25) is 9.59 Å². The number of carbonyl (C=O) groups excluding carboxylic acids is 1. The van der Waals surface area contributed by atoms with Gasteiger partial charge in [-0.25, -0.2) is 4.79 Å². The van der Waals surface area contributed by atoms with Crippen molar-refractivity contribution < 1.29 is 14.7 Å². The van der Waals surface area contributed by atoms with Gasteiger partial charge in [-0.15, -0.1) is 0 Å². The molecular weight excluding hydrogens is 272 g/mol. The molecule has 2 aromatic rings. The minimum Gasteiger partial charge on any atom is -0.478 e. The standard InChI is InChI=1S/C15H14N2O4/c1-9-5-6-12(14(19)17-9)13(18)16-8-10-3-2-4-11(7-10)15(20)21/h2-7H,8H2,1H3,(H,16,18)(H,17,19)(H,20,21). The molecular formula is C15H14N2O4. The number of rotatable bonds is 4. The van der Waals surface area contributed by atoms with Gasteiger partial charge in [0.1, 0.15) is 5.56 Å². The van der Waals surface area contributed by atoms with Crippen LogP contribution in [-0.2, 0) is 6.54 Å². The van der Waals surface area contributed by atoms with Gasteiger partial charge in [0.25, 0.3) is 11.5 Å². The third-order valence-electron chi connectivity index (χ3n) is 2.93. The Kier molecular flexibility index (Phi) is 4.18. The molecule has 0 radical (unpaired) electrons. The molecule has 0 saturated carbocycles. The number of aromatic amines is 1. The van der Waals surface area contributed by atoms with Gasteiger partial charge >= 0.3 is 5.97 Å². The maximum Gasteiger partial charge on any atom is 0.335 e. The van der Waals surface area contributed by atoms with E-state index in [9.17, 15) is 14.4 Å². The van der Waals surface area contributed by atoms with E-state index in [4.69, 9.17) is 5.11 Å². The maximum atomic E-state index is 11.9. The third kappa shape index (κ3) is 3.56. The first-order valence-electron chi connectivity index (χ1n) is 6.28. The second kappa shape index (κ2) is 6.04. The zero-order chi connectivity index (χ0) is 15.4. The second-order valence-corrected chi connectivity index (χ2v) is 4.57.